The zero-order valence-electron chi connectivity index (χ0n) is 10.3. The van der Waals surface area contributed by atoms with Crippen LogP contribution in [-0.4, -0.2) is 31.0 Å². The molecule has 0 spiro atoms. The van der Waals surface area contributed by atoms with Crippen molar-refractivity contribution < 1.29 is 9.53 Å². The summed E-state index contributed by atoms with van der Waals surface area (Å²) in [5, 5.41) is 4.26. The molecule has 1 aromatic carbocycles. The lowest BCUT2D eigenvalue weighted by atomic mass is 10.1. The second-order valence-electron chi connectivity index (χ2n) is 3.93. The van der Waals surface area contributed by atoms with Crippen LogP contribution in [0.4, 0.5) is 0 Å². The van der Waals surface area contributed by atoms with Gasteiger partial charge < -0.3 is 10.1 Å². The number of carbonyl (C=O) groups excluding carboxylic acids is 1. The van der Waals surface area contributed by atoms with Crippen molar-refractivity contribution in [3.05, 3.63) is 34.3 Å². The Labute approximate surface area is 121 Å². The summed E-state index contributed by atoms with van der Waals surface area (Å²) in [6, 6.07) is 5.32. The van der Waals surface area contributed by atoms with E-state index in [2.05, 4.69) is 21.2 Å². The fraction of sp³-hybridized carbons (Fsp3) is 0.462. The highest BCUT2D eigenvalue weighted by Crippen LogP contribution is 2.14. The van der Waals surface area contributed by atoms with E-state index in [1.807, 2.05) is 19.1 Å². The van der Waals surface area contributed by atoms with Crippen LogP contribution in [0.2, 0.25) is 5.02 Å². The zero-order chi connectivity index (χ0) is 13.4. The molecule has 0 heterocycles. The first-order chi connectivity index (χ1) is 8.63. The molecule has 0 unspecified atom stereocenters. The molecule has 1 aromatic rings. The van der Waals surface area contributed by atoms with Crippen molar-refractivity contribution in [2.24, 2.45) is 0 Å². The maximum Gasteiger partial charge on any atom is 0.251 e. The molecule has 1 amide bonds. The first-order valence-corrected chi connectivity index (χ1v) is 7.32. The van der Waals surface area contributed by atoms with Gasteiger partial charge in [-0.1, -0.05) is 27.5 Å². The molecule has 0 aliphatic rings. The smallest absolute Gasteiger partial charge is 0.251 e. The summed E-state index contributed by atoms with van der Waals surface area (Å²) in [6.45, 7) is 3.87. The Balaban J connectivity index is 2.32. The van der Waals surface area contributed by atoms with Crippen LogP contribution >= 0.6 is 27.5 Å². The lowest BCUT2D eigenvalue weighted by Gasteiger charge is -2.07. The van der Waals surface area contributed by atoms with E-state index in [1.165, 1.54) is 0 Å². The van der Waals surface area contributed by atoms with Crippen molar-refractivity contribution in [1.82, 2.24) is 5.32 Å². The molecule has 0 radical (unpaired) electrons. The summed E-state index contributed by atoms with van der Waals surface area (Å²) in [7, 11) is 0. The largest absolute Gasteiger partial charge is 0.381 e. The molecule has 0 aromatic heterocycles. The molecule has 0 aliphatic carbocycles. The summed E-state index contributed by atoms with van der Waals surface area (Å²) in [5.41, 5.74) is 1.58. The topological polar surface area (TPSA) is 38.3 Å². The Morgan fingerprint density at radius 2 is 2.17 bits per heavy atom. The van der Waals surface area contributed by atoms with Crippen LogP contribution in [0.15, 0.2) is 18.2 Å². The zero-order valence-corrected chi connectivity index (χ0v) is 12.7. The van der Waals surface area contributed by atoms with Gasteiger partial charge in [-0.2, -0.15) is 0 Å². The SMILES string of the molecule is Cc1cc(Cl)cc(C(=O)NCCCOCCBr)c1. The quantitative estimate of drug-likeness (QED) is 0.614. The number of amides is 1. The van der Waals surface area contributed by atoms with E-state index in [9.17, 15) is 4.79 Å². The standard InChI is InChI=1S/C13H17BrClNO2/c1-10-7-11(9-12(15)8-10)13(17)16-4-2-5-18-6-3-14/h7-9H,2-6H2,1H3,(H,16,17). The van der Waals surface area contributed by atoms with Gasteiger partial charge >= 0.3 is 0 Å². The van der Waals surface area contributed by atoms with Gasteiger partial charge in [0.2, 0.25) is 0 Å². The Morgan fingerprint density at radius 1 is 1.39 bits per heavy atom. The summed E-state index contributed by atoms with van der Waals surface area (Å²) in [4.78, 5) is 11.8. The summed E-state index contributed by atoms with van der Waals surface area (Å²) in [6.07, 6.45) is 0.804. The van der Waals surface area contributed by atoms with Gasteiger partial charge in [-0.05, 0) is 37.1 Å². The van der Waals surface area contributed by atoms with Crippen LogP contribution in [0.5, 0.6) is 0 Å². The summed E-state index contributed by atoms with van der Waals surface area (Å²) in [5.74, 6) is -0.0962. The minimum absolute atomic E-state index is 0.0962. The number of rotatable bonds is 7. The third-order valence-electron chi connectivity index (χ3n) is 2.28. The highest BCUT2D eigenvalue weighted by molar-refractivity contribution is 9.09. The molecule has 3 nitrogen and oxygen atoms in total. The number of halogens is 2. The fourth-order valence-electron chi connectivity index (χ4n) is 1.50. The Hall–Kier alpha value is -0.580. The second-order valence-corrected chi connectivity index (χ2v) is 5.16. The molecular weight excluding hydrogens is 318 g/mol. The Kier molecular flexibility index (Phi) is 7.32. The van der Waals surface area contributed by atoms with Crippen molar-refractivity contribution >= 4 is 33.4 Å². The molecule has 0 bridgehead atoms. The number of aryl methyl sites for hydroxylation is 1. The molecule has 0 saturated heterocycles. The maximum atomic E-state index is 11.8. The normalized spacial score (nSPS) is 10.4. The Bertz CT molecular complexity index is 378. The number of hydrogen-bond donors (Lipinski definition) is 1. The van der Waals surface area contributed by atoms with Crippen LogP contribution in [0.3, 0.4) is 0 Å². The highest BCUT2D eigenvalue weighted by Gasteiger charge is 2.06. The predicted octanol–water partition coefficient (Wildman–Crippen LogP) is 3.18. The molecule has 0 fully saturated rings. The number of alkyl halides is 1. The highest BCUT2D eigenvalue weighted by atomic mass is 79.9. The van der Waals surface area contributed by atoms with Crippen LogP contribution in [0.25, 0.3) is 0 Å². The monoisotopic (exact) mass is 333 g/mol. The number of ether oxygens (including phenoxy) is 1. The number of benzene rings is 1. The summed E-state index contributed by atoms with van der Waals surface area (Å²) < 4.78 is 5.29. The molecule has 18 heavy (non-hydrogen) atoms. The van der Waals surface area contributed by atoms with Crippen LogP contribution in [0.1, 0.15) is 22.3 Å². The maximum absolute atomic E-state index is 11.8. The van der Waals surface area contributed by atoms with Gasteiger partial charge in [0.05, 0.1) is 6.61 Å². The molecular formula is C13H17BrClNO2. The first-order valence-electron chi connectivity index (χ1n) is 5.82. The van der Waals surface area contributed by atoms with Crippen LogP contribution in [0, 0.1) is 6.92 Å². The summed E-state index contributed by atoms with van der Waals surface area (Å²) >= 11 is 9.19. The van der Waals surface area contributed by atoms with Crippen molar-refractivity contribution in [3.8, 4) is 0 Å². The third kappa shape index (κ3) is 5.85. The Morgan fingerprint density at radius 3 is 2.83 bits per heavy atom. The van der Waals surface area contributed by atoms with E-state index in [4.69, 9.17) is 16.3 Å². The van der Waals surface area contributed by atoms with Gasteiger partial charge in [-0.25, -0.2) is 0 Å². The molecule has 100 valence electrons. The second kappa shape index (κ2) is 8.51. The van der Waals surface area contributed by atoms with E-state index in [-0.39, 0.29) is 5.91 Å². The first kappa shape index (κ1) is 15.5. The van der Waals surface area contributed by atoms with Gasteiger partial charge in [-0.3, -0.25) is 4.79 Å². The third-order valence-corrected chi connectivity index (χ3v) is 2.82. The van der Waals surface area contributed by atoms with Gasteiger partial charge in [-0.15, -0.1) is 0 Å². The minimum Gasteiger partial charge on any atom is -0.381 e. The molecule has 0 saturated carbocycles. The fourth-order valence-corrected chi connectivity index (χ4v) is 2.02. The molecule has 0 aliphatic heterocycles. The van der Waals surface area contributed by atoms with Gasteiger partial charge in [0, 0.05) is 29.1 Å². The van der Waals surface area contributed by atoms with Crippen molar-refractivity contribution in [2.75, 3.05) is 25.1 Å². The van der Waals surface area contributed by atoms with Crippen molar-refractivity contribution in [3.63, 3.8) is 0 Å². The van der Waals surface area contributed by atoms with Gasteiger partial charge in [0.15, 0.2) is 0 Å². The van der Waals surface area contributed by atoms with Gasteiger partial charge in [0.25, 0.3) is 5.91 Å². The molecule has 1 N–H and O–H groups in total. The van der Waals surface area contributed by atoms with Crippen LogP contribution in [-0.2, 0) is 4.74 Å². The van der Waals surface area contributed by atoms with E-state index in [0.717, 1.165) is 17.3 Å². The average molecular weight is 335 g/mol. The van der Waals surface area contributed by atoms with Gasteiger partial charge in [0.1, 0.15) is 0 Å². The van der Waals surface area contributed by atoms with Crippen LogP contribution < -0.4 is 5.32 Å². The van der Waals surface area contributed by atoms with E-state index >= 15 is 0 Å². The van der Waals surface area contributed by atoms with Crippen molar-refractivity contribution in [2.45, 2.75) is 13.3 Å². The molecule has 5 heteroatoms. The van der Waals surface area contributed by atoms with E-state index < -0.39 is 0 Å². The number of hydrogen-bond acceptors (Lipinski definition) is 2. The predicted molar refractivity (Wildman–Crippen MR) is 77.8 cm³/mol. The minimum atomic E-state index is -0.0962. The van der Waals surface area contributed by atoms with E-state index in [0.29, 0.717) is 30.3 Å². The lowest BCUT2D eigenvalue weighted by molar-refractivity contribution is 0.0944. The van der Waals surface area contributed by atoms with E-state index in [1.54, 1.807) is 6.07 Å². The average Bonchev–Trinajstić information content (AvgIpc) is 2.32. The van der Waals surface area contributed by atoms with Crippen molar-refractivity contribution in [1.29, 1.82) is 0 Å². The lowest BCUT2D eigenvalue weighted by Crippen LogP contribution is -2.25. The molecule has 1 rings (SSSR count). The molecule has 0 atom stereocenters. The number of nitrogens with one attached hydrogen (secondary N) is 1. The number of carbonyl (C=O) groups is 1.